The first-order chi connectivity index (χ1) is 10.8. The van der Waals surface area contributed by atoms with Crippen molar-refractivity contribution in [1.82, 2.24) is 24.2 Å². The summed E-state index contributed by atoms with van der Waals surface area (Å²) in [7, 11) is 1.70. The lowest BCUT2D eigenvalue weighted by atomic mass is 10.2. The summed E-state index contributed by atoms with van der Waals surface area (Å²) < 4.78 is 9.92. The molecule has 0 radical (unpaired) electrons. The van der Waals surface area contributed by atoms with Gasteiger partial charge in [-0.15, -0.1) is 0 Å². The van der Waals surface area contributed by atoms with Crippen molar-refractivity contribution in [3.8, 4) is 11.4 Å². The highest BCUT2D eigenvalue weighted by Gasteiger charge is 2.17. The lowest BCUT2D eigenvalue weighted by Gasteiger charge is -2.13. The van der Waals surface area contributed by atoms with Gasteiger partial charge >= 0.3 is 0 Å². The van der Waals surface area contributed by atoms with Gasteiger partial charge in [-0.2, -0.15) is 5.10 Å². The Bertz CT molecular complexity index is 660. The predicted octanol–water partition coefficient (Wildman–Crippen LogP) is 2.18. The number of hydrogen-bond acceptors (Lipinski definition) is 5. The number of pyridine rings is 1. The summed E-state index contributed by atoms with van der Waals surface area (Å²) in [6.45, 7) is 4.32. The van der Waals surface area contributed by atoms with Gasteiger partial charge in [0.15, 0.2) is 10.6 Å². The molecule has 0 amide bonds. The third-order valence-electron chi connectivity index (χ3n) is 3.91. The van der Waals surface area contributed by atoms with Gasteiger partial charge in [0.1, 0.15) is 0 Å². The molecule has 1 saturated heterocycles. The molecule has 1 fully saturated rings. The average molecular weight is 319 g/mol. The quantitative estimate of drug-likeness (QED) is 0.764. The molecule has 3 rings (SSSR count). The standard InChI is InChI=1S/C15H21N5OS/c1-21-11-10-19-14(13-4-6-16-7-5-13)17-20(15(19)22)12-18-8-2-3-9-18/h4-7H,2-3,8-12H2,1H3. The van der Waals surface area contributed by atoms with Gasteiger partial charge in [0.05, 0.1) is 19.8 Å². The molecule has 3 heterocycles. The Kier molecular flexibility index (Phi) is 4.97. The van der Waals surface area contributed by atoms with E-state index in [4.69, 9.17) is 22.1 Å². The fourth-order valence-electron chi connectivity index (χ4n) is 2.75. The largest absolute Gasteiger partial charge is 0.383 e. The average Bonchev–Trinajstić information content (AvgIpc) is 3.16. The Hall–Kier alpha value is -1.57. The minimum atomic E-state index is 0.613. The number of methoxy groups -OCH3 is 1. The predicted molar refractivity (Wildman–Crippen MR) is 87.0 cm³/mol. The van der Waals surface area contributed by atoms with Crippen LogP contribution in [0.3, 0.4) is 0 Å². The van der Waals surface area contributed by atoms with E-state index in [9.17, 15) is 0 Å². The first-order valence-electron chi connectivity index (χ1n) is 7.59. The Morgan fingerprint density at radius 3 is 2.64 bits per heavy atom. The number of aromatic nitrogens is 4. The highest BCUT2D eigenvalue weighted by atomic mass is 32.1. The molecule has 0 unspecified atom stereocenters. The summed E-state index contributed by atoms with van der Waals surface area (Å²) >= 11 is 5.63. The molecule has 0 atom stereocenters. The number of ether oxygens (including phenoxy) is 1. The van der Waals surface area contributed by atoms with Gasteiger partial charge < -0.3 is 4.74 Å². The molecule has 118 valence electrons. The van der Waals surface area contributed by atoms with E-state index < -0.39 is 0 Å². The van der Waals surface area contributed by atoms with Crippen LogP contribution in [0.1, 0.15) is 12.8 Å². The molecule has 2 aromatic heterocycles. The maximum Gasteiger partial charge on any atom is 0.199 e. The van der Waals surface area contributed by atoms with Crippen molar-refractivity contribution >= 4 is 12.2 Å². The molecule has 0 spiro atoms. The first kappa shape index (κ1) is 15.3. The van der Waals surface area contributed by atoms with E-state index in [1.807, 2.05) is 21.4 Å². The van der Waals surface area contributed by atoms with Crippen molar-refractivity contribution in [3.63, 3.8) is 0 Å². The van der Waals surface area contributed by atoms with Crippen LogP contribution in [0, 0.1) is 4.77 Å². The molecule has 1 aliphatic heterocycles. The maximum atomic E-state index is 5.63. The molecule has 0 saturated carbocycles. The highest BCUT2D eigenvalue weighted by Crippen LogP contribution is 2.18. The van der Waals surface area contributed by atoms with Crippen LogP contribution in [-0.2, 0) is 18.0 Å². The number of likely N-dealkylation sites (tertiary alicyclic amines) is 1. The van der Waals surface area contributed by atoms with Gasteiger partial charge in [-0.1, -0.05) is 0 Å². The fourth-order valence-corrected chi connectivity index (χ4v) is 3.02. The first-order valence-corrected chi connectivity index (χ1v) is 8.00. The minimum Gasteiger partial charge on any atom is -0.383 e. The molecular weight excluding hydrogens is 298 g/mol. The summed E-state index contributed by atoms with van der Waals surface area (Å²) in [5, 5.41) is 4.75. The zero-order valence-electron chi connectivity index (χ0n) is 12.8. The van der Waals surface area contributed by atoms with Gasteiger partial charge in [0, 0.05) is 25.1 Å². The van der Waals surface area contributed by atoms with Crippen LogP contribution in [0.5, 0.6) is 0 Å². The van der Waals surface area contributed by atoms with Crippen LogP contribution in [0.4, 0.5) is 0 Å². The third kappa shape index (κ3) is 3.26. The van der Waals surface area contributed by atoms with Crippen molar-refractivity contribution in [3.05, 3.63) is 29.3 Å². The summed E-state index contributed by atoms with van der Waals surface area (Å²) in [4.78, 5) is 6.46. The van der Waals surface area contributed by atoms with E-state index in [1.54, 1.807) is 19.5 Å². The lowest BCUT2D eigenvalue weighted by molar-refractivity contribution is 0.186. The molecule has 7 heteroatoms. The van der Waals surface area contributed by atoms with Gasteiger partial charge in [0.25, 0.3) is 0 Å². The monoisotopic (exact) mass is 319 g/mol. The van der Waals surface area contributed by atoms with Gasteiger partial charge in [-0.05, 0) is 50.3 Å². The zero-order chi connectivity index (χ0) is 15.4. The van der Waals surface area contributed by atoms with E-state index in [1.165, 1.54) is 12.8 Å². The number of rotatable bonds is 6. The second-order valence-corrected chi connectivity index (χ2v) is 5.82. The van der Waals surface area contributed by atoms with Crippen LogP contribution in [0.15, 0.2) is 24.5 Å². The van der Waals surface area contributed by atoms with Crippen LogP contribution in [0.2, 0.25) is 0 Å². The number of hydrogen-bond donors (Lipinski definition) is 0. The van der Waals surface area contributed by atoms with Gasteiger partial charge in [-0.25, -0.2) is 4.68 Å². The van der Waals surface area contributed by atoms with E-state index in [-0.39, 0.29) is 0 Å². The molecule has 22 heavy (non-hydrogen) atoms. The second kappa shape index (κ2) is 7.13. The Morgan fingerprint density at radius 2 is 1.95 bits per heavy atom. The Balaban J connectivity index is 1.94. The van der Waals surface area contributed by atoms with Gasteiger partial charge in [-0.3, -0.25) is 14.5 Å². The van der Waals surface area contributed by atoms with E-state index in [0.29, 0.717) is 13.2 Å². The maximum absolute atomic E-state index is 5.63. The van der Waals surface area contributed by atoms with Crippen LogP contribution in [0.25, 0.3) is 11.4 Å². The minimum absolute atomic E-state index is 0.613. The van der Waals surface area contributed by atoms with Crippen molar-refractivity contribution in [2.75, 3.05) is 26.8 Å². The topological polar surface area (TPSA) is 48.1 Å². The molecule has 0 N–H and O–H groups in total. The van der Waals surface area contributed by atoms with E-state index in [0.717, 1.165) is 35.9 Å². The lowest BCUT2D eigenvalue weighted by Crippen LogP contribution is -2.23. The van der Waals surface area contributed by atoms with Crippen LogP contribution >= 0.6 is 12.2 Å². The smallest absolute Gasteiger partial charge is 0.199 e. The van der Waals surface area contributed by atoms with Crippen molar-refractivity contribution < 1.29 is 4.74 Å². The zero-order valence-corrected chi connectivity index (χ0v) is 13.6. The summed E-state index contributed by atoms with van der Waals surface area (Å²) in [5.74, 6) is 0.878. The molecule has 0 aliphatic carbocycles. The molecule has 0 aromatic carbocycles. The highest BCUT2D eigenvalue weighted by molar-refractivity contribution is 7.71. The summed E-state index contributed by atoms with van der Waals surface area (Å²) in [6, 6.07) is 3.92. The van der Waals surface area contributed by atoms with Crippen LogP contribution < -0.4 is 0 Å². The van der Waals surface area contributed by atoms with Gasteiger partial charge in [0.2, 0.25) is 0 Å². The molecule has 0 bridgehead atoms. The molecule has 2 aromatic rings. The summed E-state index contributed by atoms with van der Waals surface area (Å²) in [6.07, 6.45) is 6.07. The Morgan fingerprint density at radius 1 is 1.23 bits per heavy atom. The van der Waals surface area contributed by atoms with Crippen molar-refractivity contribution in [2.24, 2.45) is 0 Å². The van der Waals surface area contributed by atoms with E-state index >= 15 is 0 Å². The molecule has 1 aliphatic rings. The fraction of sp³-hybridized carbons (Fsp3) is 0.533. The third-order valence-corrected chi connectivity index (χ3v) is 4.34. The number of nitrogens with zero attached hydrogens (tertiary/aromatic N) is 5. The van der Waals surface area contributed by atoms with E-state index in [2.05, 4.69) is 9.88 Å². The normalized spacial score (nSPS) is 15.5. The molecular formula is C15H21N5OS. The second-order valence-electron chi connectivity index (χ2n) is 5.45. The summed E-state index contributed by atoms with van der Waals surface area (Å²) in [5.41, 5.74) is 1.03. The molecule has 6 nitrogen and oxygen atoms in total. The Labute approximate surface area is 135 Å². The van der Waals surface area contributed by atoms with Crippen molar-refractivity contribution in [1.29, 1.82) is 0 Å². The van der Waals surface area contributed by atoms with Crippen LogP contribution in [-0.4, -0.2) is 51.0 Å². The van der Waals surface area contributed by atoms with Crippen molar-refractivity contribution in [2.45, 2.75) is 26.1 Å². The SMILES string of the molecule is COCCn1c(-c2ccncc2)nn(CN2CCCC2)c1=S.